The molecule has 1 aromatic rings. The van der Waals surface area contributed by atoms with Gasteiger partial charge < -0.3 is 5.32 Å². The van der Waals surface area contributed by atoms with Gasteiger partial charge in [0.2, 0.25) is 0 Å². The first kappa shape index (κ1) is 13.3. The van der Waals surface area contributed by atoms with E-state index in [2.05, 4.69) is 20.8 Å². The van der Waals surface area contributed by atoms with Crippen LogP contribution in [0, 0.1) is 0 Å². The molecular formula is C11H16N6O2S. The predicted octanol–water partition coefficient (Wildman–Crippen LogP) is 0.0106. The van der Waals surface area contributed by atoms with Crippen LogP contribution in [0.4, 0.5) is 4.79 Å². The van der Waals surface area contributed by atoms with Crippen molar-refractivity contribution in [2.24, 2.45) is 0 Å². The van der Waals surface area contributed by atoms with Gasteiger partial charge in [0.15, 0.2) is 5.82 Å². The highest BCUT2D eigenvalue weighted by Crippen LogP contribution is 2.33. The van der Waals surface area contributed by atoms with Crippen molar-refractivity contribution in [1.29, 1.82) is 0 Å². The highest BCUT2D eigenvalue weighted by Gasteiger charge is 2.53. The summed E-state index contributed by atoms with van der Waals surface area (Å²) in [6, 6.07) is -0.344. The zero-order valence-corrected chi connectivity index (χ0v) is 12.0. The van der Waals surface area contributed by atoms with Crippen LogP contribution < -0.4 is 5.32 Å². The summed E-state index contributed by atoms with van der Waals surface area (Å²) in [5.74, 6) is 1.93. The summed E-state index contributed by atoms with van der Waals surface area (Å²) >= 11 is 1.69. The van der Waals surface area contributed by atoms with Gasteiger partial charge in [-0.15, -0.1) is 5.10 Å². The number of aryl methyl sites for hydroxylation is 1. The average Bonchev–Trinajstić information content (AvgIpc) is 3.10. The van der Waals surface area contributed by atoms with Gasteiger partial charge in [-0.05, 0) is 29.0 Å². The summed E-state index contributed by atoms with van der Waals surface area (Å²) < 4.78 is 1.63. The van der Waals surface area contributed by atoms with E-state index in [1.807, 2.05) is 6.92 Å². The SMILES string of the molecule is CCCn1nnnc1CN1C(=O)N[C@@]2(CCSC2)C1=O. The Morgan fingerprint density at radius 3 is 3.00 bits per heavy atom. The number of hydrogen-bond acceptors (Lipinski definition) is 6. The number of thioether (sulfide) groups is 1. The number of rotatable bonds is 4. The van der Waals surface area contributed by atoms with E-state index in [0.29, 0.717) is 24.5 Å². The van der Waals surface area contributed by atoms with Crippen LogP contribution in [-0.4, -0.2) is 54.1 Å². The molecule has 3 amide bonds. The van der Waals surface area contributed by atoms with E-state index < -0.39 is 5.54 Å². The predicted molar refractivity (Wildman–Crippen MR) is 71.9 cm³/mol. The molecule has 3 heterocycles. The van der Waals surface area contributed by atoms with Gasteiger partial charge in [0.25, 0.3) is 5.91 Å². The number of hydrogen-bond donors (Lipinski definition) is 1. The molecule has 9 heteroatoms. The normalized spacial score (nSPS) is 25.8. The number of carbonyl (C=O) groups is 2. The lowest BCUT2D eigenvalue weighted by molar-refractivity contribution is -0.131. The summed E-state index contributed by atoms with van der Waals surface area (Å²) in [5, 5.41) is 14.2. The maximum absolute atomic E-state index is 12.5. The minimum Gasteiger partial charge on any atom is -0.322 e. The number of nitrogens with one attached hydrogen (secondary N) is 1. The topological polar surface area (TPSA) is 93.0 Å². The van der Waals surface area contributed by atoms with Crippen molar-refractivity contribution in [3.05, 3.63) is 5.82 Å². The fourth-order valence-electron chi connectivity index (χ4n) is 2.52. The molecule has 8 nitrogen and oxygen atoms in total. The lowest BCUT2D eigenvalue weighted by atomic mass is 9.99. The maximum atomic E-state index is 12.5. The van der Waals surface area contributed by atoms with Crippen molar-refractivity contribution in [2.45, 2.75) is 38.4 Å². The molecule has 0 aliphatic carbocycles. The molecule has 0 saturated carbocycles. The average molecular weight is 296 g/mol. The first-order valence-electron chi connectivity index (χ1n) is 6.63. The van der Waals surface area contributed by atoms with Crippen LogP contribution in [0.25, 0.3) is 0 Å². The number of nitrogens with zero attached hydrogens (tertiary/aromatic N) is 5. The Bertz CT molecular complexity index is 539. The second kappa shape index (κ2) is 5.04. The maximum Gasteiger partial charge on any atom is 0.325 e. The van der Waals surface area contributed by atoms with E-state index in [1.54, 1.807) is 16.4 Å². The fraction of sp³-hybridized carbons (Fsp3) is 0.727. The Morgan fingerprint density at radius 1 is 1.45 bits per heavy atom. The number of imide groups is 1. The molecule has 1 N–H and O–H groups in total. The molecule has 1 atom stereocenters. The molecule has 0 unspecified atom stereocenters. The van der Waals surface area contributed by atoms with E-state index in [4.69, 9.17) is 0 Å². The van der Waals surface area contributed by atoms with Crippen LogP contribution >= 0.6 is 11.8 Å². The molecule has 1 aromatic heterocycles. The Kier molecular flexibility index (Phi) is 3.36. The number of tetrazole rings is 1. The summed E-state index contributed by atoms with van der Waals surface area (Å²) in [7, 11) is 0. The first-order chi connectivity index (χ1) is 9.66. The molecule has 3 rings (SSSR count). The van der Waals surface area contributed by atoms with Crippen LogP contribution in [-0.2, 0) is 17.9 Å². The second-order valence-electron chi connectivity index (χ2n) is 5.02. The summed E-state index contributed by atoms with van der Waals surface area (Å²) in [5.41, 5.74) is -0.704. The minimum atomic E-state index is -0.704. The van der Waals surface area contributed by atoms with Crippen LogP contribution in [0.1, 0.15) is 25.6 Å². The molecular weight excluding hydrogens is 280 g/mol. The Hall–Kier alpha value is -1.64. The van der Waals surface area contributed by atoms with E-state index >= 15 is 0 Å². The molecule has 2 fully saturated rings. The third kappa shape index (κ3) is 2.05. The largest absolute Gasteiger partial charge is 0.325 e. The lowest BCUT2D eigenvalue weighted by Crippen LogP contribution is -2.47. The van der Waals surface area contributed by atoms with Gasteiger partial charge in [-0.1, -0.05) is 6.92 Å². The van der Waals surface area contributed by atoms with Crippen molar-refractivity contribution >= 4 is 23.7 Å². The van der Waals surface area contributed by atoms with Crippen molar-refractivity contribution in [1.82, 2.24) is 30.4 Å². The zero-order chi connectivity index (χ0) is 14.2. The van der Waals surface area contributed by atoms with Crippen LogP contribution in [0.2, 0.25) is 0 Å². The zero-order valence-electron chi connectivity index (χ0n) is 11.2. The molecule has 0 bridgehead atoms. The molecule has 2 saturated heterocycles. The molecule has 1 spiro atoms. The highest BCUT2D eigenvalue weighted by atomic mass is 32.2. The van der Waals surface area contributed by atoms with Crippen LogP contribution in [0.3, 0.4) is 0 Å². The standard InChI is InChI=1S/C11H16N6O2S/c1-2-4-17-8(13-14-15-17)6-16-9(18)11(12-10(16)19)3-5-20-7-11/h2-7H2,1H3,(H,12,19)/t11-/m1/s1. The fourth-order valence-corrected chi connectivity index (χ4v) is 3.84. The van der Waals surface area contributed by atoms with Crippen molar-refractivity contribution in [2.75, 3.05) is 11.5 Å². The quantitative estimate of drug-likeness (QED) is 0.787. The van der Waals surface area contributed by atoms with Gasteiger partial charge in [-0.3, -0.25) is 9.69 Å². The van der Waals surface area contributed by atoms with Crippen molar-refractivity contribution in [3.63, 3.8) is 0 Å². The number of urea groups is 1. The summed E-state index contributed by atoms with van der Waals surface area (Å²) in [6.45, 7) is 2.82. The van der Waals surface area contributed by atoms with Gasteiger partial charge in [0, 0.05) is 12.3 Å². The Balaban J connectivity index is 1.79. The third-order valence-corrected chi connectivity index (χ3v) is 4.80. The van der Waals surface area contributed by atoms with Gasteiger partial charge in [0.1, 0.15) is 5.54 Å². The Morgan fingerprint density at radius 2 is 2.30 bits per heavy atom. The first-order valence-corrected chi connectivity index (χ1v) is 7.78. The number of aromatic nitrogens is 4. The molecule has 0 aromatic carbocycles. The smallest absolute Gasteiger partial charge is 0.322 e. The van der Waals surface area contributed by atoms with E-state index in [1.165, 1.54) is 4.90 Å². The van der Waals surface area contributed by atoms with E-state index in [-0.39, 0.29) is 18.5 Å². The van der Waals surface area contributed by atoms with E-state index in [9.17, 15) is 9.59 Å². The minimum absolute atomic E-state index is 0.129. The van der Waals surface area contributed by atoms with Gasteiger partial charge in [0.05, 0.1) is 6.54 Å². The lowest BCUT2D eigenvalue weighted by Gasteiger charge is -2.18. The molecule has 20 heavy (non-hydrogen) atoms. The number of amides is 3. The molecule has 2 aliphatic rings. The van der Waals surface area contributed by atoms with Crippen molar-refractivity contribution in [3.8, 4) is 0 Å². The second-order valence-corrected chi connectivity index (χ2v) is 6.13. The van der Waals surface area contributed by atoms with E-state index in [0.717, 1.165) is 12.2 Å². The van der Waals surface area contributed by atoms with Crippen LogP contribution in [0.15, 0.2) is 0 Å². The third-order valence-electron chi connectivity index (χ3n) is 3.61. The number of carbonyl (C=O) groups excluding carboxylic acids is 2. The highest BCUT2D eigenvalue weighted by molar-refractivity contribution is 7.99. The summed E-state index contributed by atoms with van der Waals surface area (Å²) in [4.78, 5) is 25.8. The monoisotopic (exact) mass is 296 g/mol. The Labute approximate surface area is 120 Å². The molecule has 108 valence electrons. The molecule has 2 aliphatic heterocycles. The summed E-state index contributed by atoms with van der Waals surface area (Å²) in [6.07, 6.45) is 1.58. The van der Waals surface area contributed by atoms with Crippen LogP contribution in [0.5, 0.6) is 0 Å². The molecule has 0 radical (unpaired) electrons. The van der Waals surface area contributed by atoms with Crippen molar-refractivity contribution < 1.29 is 9.59 Å². The van der Waals surface area contributed by atoms with Gasteiger partial charge in [-0.2, -0.15) is 11.8 Å². The van der Waals surface area contributed by atoms with Gasteiger partial charge >= 0.3 is 6.03 Å². The van der Waals surface area contributed by atoms with Gasteiger partial charge in [-0.25, -0.2) is 9.48 Å².